The molecule has 2 rings (SSSR count). The summed E-state index contributed by atoms with van der Waals surface area (Å²) in [4.78, 5) is 12.2. The van der Waals surface area contributed by atoms with Gasteiger partial charge in [-0.25, -0.2) is 0 Å². The Hall–Kier alpha value is -1.94. The molecule has 0 bridgehead atoms. The van der Waals surface area contributed by atoms with Gasteiger partial charge in [0, 0.05) is 12.3 Å². The first-order valence-electron chi connectivity index (χ1n) is 8.84. The van der Waals surface area contributed by atoms with Gasteiger partial charge in [0.25, 0.3) is 0 Å². The van der Waals surface area contributed by atoms with Gasteiger partial charge in [-0.3, -0.25) is 4.79 Å². The van der Waals surface area contributed by atoms with Crippen LogP contribution in [0.15, 0.2) is 54.6 Å². The Bertz CT molecular complexity index is 645. The first-order valence-corrected chi connectivity index (χ1v) is 9.89. The maximum Gasteiger partial charge on any atom is 0.232 e. The SMILES string of the molecule is CCOc1ccccc1CCCNC(=O)C(C)SCc1ccccc1. The minimum Gasteiger partial charge on any atom is -0.494 e. The molecule has 1 unspecified atom stereocenters. The van der Waals surface area contributed by atoms with Gasteiger partial charge in [0.1, 0.15) is 5.75 Å². The average molecular weight is 358 g/mol. The minimum absolute atomic E-state index is 0.0454. The number of hydrogen-bond acceptors (Lipinski definition) is 3. The number of carbonyl (C=O) groups is 1. The van der Waals surface area contributed by atoms with Crippen molar-refractivity contribution in [2.75, 3.05) is 13.2 Å². The summed E-state index contributed by atoms with van der Waals surface area (Å²) in [5, 5.41) is 2.99. The van der Waals surface area contributed by atoms with Crippen molar-refractivity contribution in [2.45, 2.75) is 37.7 Å². The van der Waals surface area contributed by atoms with Crippen LogP contribution in [-0.2, 0) is 17.0 Å². The number of para-hydroxylation sites is 1. The lowest BCUT2D eigenvalue weighted by atomic mass is 10.1. The molecule has 0 aliphatic carbocycles. The third-order valence-electron chi connectivity index (χ3n) is 3.91. The average Bonchev–Trinajstić information content (AvgIpc) is 2.65. The summed E-state index contributed by atoms with van der Waals surface area (Å²) >= 11 is 1.67. The standard InChI is InChI=1S/C21H27NO2S/c1-3-24-20-14-8-7-12-19(20)13-9-15-22-21(23)17(2)25-16-18-10-5-4-6-11-18/h4-8,10-12,14,17H,3,9,13,15-16H2,1-2H3,(H,22,23). The van der Waals surface area contributed by atoms with Gasteiger partial charge in [-0.05, 0) is 43.9 Å². The normalized spacial score (nSPS) is 11.8. The molecule has 134 valence electrons. The van der Waals surface area contributed by atoms with E-state index in [2.05, 4.69) is 23.5 Å². The van der Waals surface area contributed by atoms with Gasteiger partial charge in [-0.2, -0.15) is 0 Å². The van der Waals surface area contributed by atoms with Crippen molar-refractivity contribution in [1.29, 1.82) is 0 Å². The Morgan fingerprint density at radius 3 is 2.60 bits per heavy atom. The Morgan fingerprint density at radius 2 is 1.84 bits per heavy atom. The lowest BCUT2D eigenvalue weighted by Crippen LogP contribution is -2.31. The van der Waals surface area contributed by atoms with Crippen molar-refractivity contribution < 1.29 is 9.53 Å². The van der Waals surface area contributed by atoms with Crippen LogP contribution in [0.5, 0.6) is 5.75 Å². The van der Waals surface area contributed by atoms with Crippen LogP contribution in [0.3, 0.4) is 0 Å². The van der Waals surface area contributed by atoms with Gasteiger partial charge >= 0.3 is 0 Å². The van der Waals surface area contributed by atoms with Gasteiger partial charge in [-0.1, -0.05) is 48.5 Å². The second-order valence-electron chi connectivity index (χ2n) is 5.87. The maximum absolute atomic E-state index is 12.2. The Balaban J connectivity index is 1.68. The van der Waals surface area contributed by atoms with Crippen molar-refractivity contribution in [1.82, 2.24) is 5.32 Å². The number of benzene rings is 2. The van der Waals surface area contributed by atoms with Crippen LogP contribution < -0.4 is 10.1 Å². The molecule has 0 heterocycles. The van der Waals surface area contributed by atoms with E-state index in [1.807, 2.05) is 50.2 Å². The summed E-state index contributed by atoms with van der Waals surface area (Å²) in [5.41, 5.74) is 2.45. The van der Waals surface area contributed by atoms with Gasteiger partial charge in [0.15, 0.2) is 0 Å². The van der Waals surface area contributed by atoms with E-state index in [1.54, 1.807) is 11.8 Å². The molecule has 0 saturated carbocycles. The van der Waals surface area contributed by atoms with E-state index in [0.717, 1.165) is 24.3 Å². The zero-order valence-electron chi connectivity index (χ0n) is 15.0. The topological polar surface area (TPSA) is 38.3 Å². The zero-order valence-corrected chi connectivity index (χ0v) is 15.9. The summed E-state index contributed by atoms with van der Waals surface area (Å²) in [7, 11) is 0. The molecule has 1 N–H and O–H groups in total. The highest BCUT2D eigenvalue weighted by atomic mass is 32.2. The highest BCUT2D eigenvalue weighted by Gasteiger charge is 2.12. The monoisotopic (exact) mass is 357 g/mol. The van der Waals surface area contributed by atoms with E-state index >= 15 is 0 Å². The third-order valence-corrected chi connectivity index (χ3v) is 5.12. The number of nitrogens with one attached hydrogen (secondary N) is 1. The predicted molar refractivity (Wildman–Crippen MR) is 106 cm³/mol. The fraction of sp³-hybridized carbons (Fsp3) is 0.381. The van der Waals surface area contributed by atoms with E-state index in [0.29, 0.717) is 13.2 Å². The number of thioether (sulfide) groups is 1. The smallest absolute Gasteiger partial charge is 0.232 e. The Kier molecular flexibility index (Phi) is 8.40. The molecule has 0 spiro atoms. The first kappa shape index (κ1) is 19.4. The summed E-state index contributed by atoms with van der Waals surface area (Å²) in [6.07, 6.45) is 1.81. The van der Waals surface area contributed by atoms with E-state index < -0.39 is 0 Å². The molecule has 1 atom stereocenters. The van der Waals surface area contributed by atoms with Crippen LogP contribution >= 0.6 is 11.8 Å². The van der Waals surface area contributed by atoms with Crippen molar-refractivity contribution in [3.63, 3.8) is 0 Å². The second-order valence-corrected chi connectivity index (χ2v) is 7.20. The molecule has 2 aromatic rings. The quantitative estimate of drug-likeness (QED) is 0.638. The minimum atomic E-state index is -0.0454. The highest BCUT2D eigenvalue weighted by molar-refractivity contribution is 7.99. The van der Waals surface area contributed by atoms with Gasteiger partial charge < -0.3 is 10.1 Å². The van der Waals surface area contributed by atoms with Crippen LogP contribution in [0, 0.1) is 0 Å². The number of amides is 1. The molecular formula is C21H27NO2S. The van der Waals surface area contributed by atoms with E-state index in [9.17, 15) is 4.79 Å². The molecule has 4 heteroatoms. The molecule has 0 aromatic heterocycles. The second kappa shape index (κ2) is 10.8. The number of carbonyl (C=O) groups excluding carboxylic acids is 1. The van der Waals surface area contributed by atoms with Crippen LogP contribution in [0.25, 0.3) is 0 Å². The molecule has 0 saturated heterocycles. The predicted octanol–water partition coefficient (Wildman–Crippen LogP) is 4.46. The largest absolute Gasteiger partial charge is 0.494 e. The number of ether oxygens (including phenoxy) is 1. The number of rotatable bonds is 10. The molecular weight excluding hydrogens is 330 g/mol. The van der Waals surface area contributed by atoms with Crippen molar-refractivity contribution in [2.24, 2.45) is 0 Å². The zero-order chi connectivity index (χ0) is 17.9. The summed E-state index contributed by atoms with van der Waals surface area (Å²) in [5.74, 6) is 1.92. The van der Waals surface area contributed by atoms with Crippen LogP contribution in [-0.4, -0.2) is 24.3 Å². The summed E-state index contributed by atoms with van der Waals surface area (Å²) in [6.45, 7) is 5.32. The van der Waals surface area contributed by atoms with E-state index in [-0.39, 0.29) is 11.2 Å². The Morgan fingerprint density at radius 1 is 1.12 bits per heavy atom. The summed E-state index contributed by atoms with van der Waals surface area (Å²) < 4.78 is 5.64. The molecule has 0 fully saturated rings. The lowest BCUT2D eigenvalue weighted by Gasteiger charge is -2.13. The van der Waals surface area contributed by atoms with E-state index in [1.165, 1.54) is 11.1 Å². The van der Waals surface area contributed by atoms with E-state index in [4.69, 9.17) is 4.74 Å². The third kappa shape index (κ3) is 6.83. The Labute approximate surface area is 155 Å². The molecule has 0 radical (unpaired) electrons. The van der Waals surface area contributed by atoms with Gasteiger partial charge in [0.05, 0.1) is 11.9 Å². The first-order chi connectivity index (χ1) is 12.2. The molecule has 25 heavy (non-hydrogen) atoms. The summed E-state index contributed by atoms with van der Waals surface area (Å²) in [6, 6.07) is 18.3. The molecule has 0 aliphatic heterocycles. The van der Waals surface area contributed by atoms with Crippen molar-refractivity contribution in [3.8, 4) is 5.75 Å². The highest BCUT2D eigenvalue weighted by Crippen LogP contribution is 2.20. The lowest BCUT2D eigenvalue weighted by molar-refractivity contribution is -0.120. The van der Waals surface area contributed by atoms with Crippen LogP contribution in [0.4, 0.5) is 0 Å². The molecule has 1 amide bonds. The number of aryl methyl sites for hydroxylation is 1. The molecule has 3 nitrogen and oxygen atoms in total. The fourth-order valence-corrected chi connectivity index (χ4v) is 3.38. The molecule has 2 aromatic carbocycles. The maximum atomic E-state index is 12.2. The van der Waals surface area contributed by atoms with Crippen molar-refractivity contribution in [3.05, 3.63) is 65.7 Å². The number of hydrogen-bond donors (Lipinski definition) is 1. The van der Waals surface area contributed by atoms with Gasteiger partial charge in [-0.15, -0.1) is 11.8 Å². The van der Waals surface area contributed by atoms with Crippen LogP contribution in [0.2, 0.25) is 0 Å². The van der Waals surface area contributed by atoms with Crippen molar-refractivity contribution >= 4 is 17.7 Å². The fourth-order valence-electron chi connectivity index (χ4n) is 2.51. The van der Waals surface area contributed by atoms with Crippen LogP contribution in [0.1, 0.15) is 31.4 Å². The van der Waals surface area contributed by atoms with Gasteiger partial charge in [0.2, 0.25) is 5.91 Å². The molecule has 0 aliphatic rings.